The molecule has 0 aliphatic rings. The lowest BCUT2D eigenvalue weighted by Gasteiger charge is -2.19. The minimum atomic E-state index is -0.498. The van der Waals surface area contributed by atoms with Crippen LogP contribution in [0.4, 0.5) is 0 Å². The van der Waals surface area contributed by atoms with Crippen molar-refractivity contribution in [3.63, 3.8) is 0 Å². The van der Waals surface area contributed by atoms with Crippen molar-refractivity contribution < 1.29 is 19.1 Å². The number of carbonyl (C=O) groups is 2. The van der Waals surface area contributed by atoms with Crippen LogP contribution in [0.15, 0.2) is 78.9 Å². The Labute approximate surface area is 192 Å². The van der Waals surface area contributed by atoms with Crippen molar-refractivity contribution in [2.45, 2.75) is 12.5 Å². The highest BCUT2D eigenvalue weighted by atomic mass is 35.5. The van der Waals surface area contributed by atoms with Gasteiger partial charge in [-0.15, -0.1) is 0 Å². The molecule has 7 heteroatoms. The van der Waals surface area contributed by atoms with Gasteiger partial charge in [0, 0.05) is 0 Å². The quantitative estimate of drug-likeness (QED) is 0.447. The Balaban J connectivity index is 1.55. The predicted molar refractivity (Wildman–Crippen MR) is 124 cm³/mol. The molecule has 1 unspecified atom stereocenters. The van der Waals surface area contributed by atoms with Crippen LogP contribution >= 0.6 is 11.6 Å². The Morgan fingerprint density at radius 1 is 0.906 bits per heavy atom. The second-order valence-electron chi connectivity index (χ2n) is 6.99. The summed E-state index contributed by atoms with van der Waals surface area (Å²) in [7, 11) is 1.60. The van der Waals surface area contributed by atoms with E-state index in [0.717, 1.165) is 11.3 Å². The van der Waals surface area contributed by atoms with E-state index in [1.165, 1.54) is 0 Å². The third kappa shape index (κ3) is 6.75. The molecule has 0 radical (unpaired) electrons. The molecule has 0 saturated heterocycles. The number of carbonyl (C=O) groups excluding carboxylic acids is 2. The van der Waals surface area contributed by atoms with E-state index < -0.39 is 6.04 Å². The van der Waals surface area contributed by atoms with Crippen LogP contribution in [0, 0.1) is 0 Å². The van der Waals surface area contributed by atoms with Crippen LogP contribution in [0.3, 0.4) is 0 Å². The van der Waals surface area contributed by atoms with Crippen molar-refractivity contribution in [2.75, 3.05) is 20.3 Å². The molecule has 0 spiro atoms. The molecule has 0 heterocycles. The SMILES string of the molecule is COc1ccc(OCCNC(=O)CC(NC(=O)c2ccccc2Cl)c2ccccc2)cc1. The van der Waals surface area contributed by atoms with Crippen LogP contribution < -0.4 is 20.1 Å². The fourth-order valence-electron chi connectivity index (χ4n) is 3.11. The molecule has 0 fully saturated rings. The molecule has 0 saturated carbocycles. The van der Waals surface area contributed by atoms with E-state index in [2.05, 4.69) is 10.6 Å². The average Bonchev–Trinajstić information content (AvgIpc) is 2.82. The number of hydrogen-bond donors (Lipinski definition) is 2. The zero-order chi connectivity index (χ0) is 22.8. The Kier molecular flexibility index (Phi) is 8.52. The lowest BCUT2D eigenvalue weighted by Crippen LogP contribution is -2.35. The summed E-state index contributed by atoms with van der Waals surface area (Å²) in [5, 5.41) is 6.11. The third-order valence-corrected chi connectivity index (χ3v) is 5.10. The summed E-state index contributed by atoms with van der Waals surface area (Å²) in [6, 6.07) is 22.9. The monoisotopic (exact) mass is 452 g/mol. The number of benzene rings is 3. The fraction of sp³-hybridized carbons (Fsp3) is 0.200. The summed E-state index contributed by atoms with van der Waals surface area (Å²) in [5.41, 5.74) is 1.20. The molecule has 32 heavy (non-hydrogen) atoms. The lowest BCUT2D eigenvalue weighted by atomic mass is 10.0. The molecule has 3 aromatic rings. The number of hydrogen-bond acceptors (Lipinski definition) is 4. The first-order valence-electron chi connectivity index (χ1n) is 10.2. The van der Waals surface area contributed by atoms with Crippen molar-refractivity contribution in [1.82, 2.24) is 10.6 Å². The van der Waals surface area contributed by atoms with Gasteiger partial charge in [-0.25, -0.2) is 0 Å². The molecule has 2 N–H and O–H groups in total. The number of ether oxygens (including phenoxy) is 2. The van der Waals surface area contributed by atoms with Crippen molar-refractivity contribution in [2.24, 2.45) is 0 Å². The summed E-state index contributed by atoms with van der Waals surface area (Å²) in [6.07, 6.45) is 0.0861. The van der Waals surface area contributed by atoms with Crippen molar-refractivity contribution >= 4 is 23.4 Å². The zero-order valence-electron chi connectivity index (χ0n) is 17.7. The highest BCUT2D eigenvalue weighted by Gasteiger charge is 2.20. The molecule has 0 aromatic heterocycles. The highest BCUT2D eigenvalue weighted by Crippen LogP contribution is 2.20. The minimum absolute atomic E-state index is 0.0861. The van der Waals surface area contributed by atoms with Crippen LogP contribution in [0.2, 0.25) is 5.02 Å². The van der Waals surface area contributed by atoms with E-state index in [9.17, 15) is 9.59 Å². The van der Waals surface area contributed by atoms with Gasteiger partial charge in [-0.3, -0.25) is 9.59 Å². The smallest absolute Gasteiger partial charge is 0.253 e. The van der Waals surface area contributed by atoms with Gasteiger partial charge in [-0.2, -0.15) is 0 Å². The van der Waals surface area contributed by atoms with Crippen LogP contribution in [0.1, 0.15) is 28.4 Å². The standard InChI is InChI=1S/C25H25ClN2O4/c1-31-19-11-13-20(14-12-19)32-16-15-27-24(29)17-23(18-7-3-2-4-8-18)28-25(30)21-9-5-6-10-22(21)26/h2-14,23H,15-17H2,1H3,(H,27,29)(H,28,30). The topological polar surface area (TPSA) is 76.7 Å². The van der Waals surface area contributed by atoms with Gasteiger partial charge in [0.1, 0.15) is 18.1 Å². The van der Waals surface area contributed by atoms with Gasteiger partial charge in [-0.1, -0.05) is 54.1 Å². The van der Waals surface area contributed by atoms with Crippen LogP contribution in [0.5, 0.6) is 11.5 Å². The van der Waals surface area contributed by atoms with E-state index in [0.29, 0.717) is 29.5 Å². The second kappa shape index (κ2) is 11.8. The number of amides is 2. The van der Waals surface area contributed by atoms with Gasteiger partial charge in [0.05, 0.1) is 36.7 Å². The summed E-state index contributed by atoms with van der Waals surface area (Å²) in [5.74, 6) is 0.905. The predicted octanol–water partition coefficient (Wildman–Crippen LogP) is 4.41. The fourth-order valence-corrected chi connectivity index (χ4v) is 3.33. The molecule has 166 valence electrons. The van der Waals surface area contributed by atoms with Gasteiger partial charge in [0.15, 0.2) is 0 Å². The van der Waals surface area contributed by atoms with Gasteiger partial charge >= 0.3 is 0 Å². The summed E-state index contributed by atoms with van der Waals surface area (Å²) < 4.78 is 10.7. The first-order valence-corrected chi connectivity index (χ1v) is 10.6. The first kappa shape index (κ1) is 23.2. The van der Waals surface area contributed by atoms with E-state index in [1.54, 1.807) is 55.6 Å². The Morgan fingerprint density at radius 3 is 2.25 bits per heavy atom. The van der Waals surface area contributed by atoms with E-state index in [-0.39, 0.29) is 18.2 Å². The first-order chi connectivity index (χ1) is 15.6. The van der Waals surface area contributed by atoms with Gasteiger partial charge < -0.3 is 20.1 Å². The third-order valence-electron chi connectivity index (χ3n) is 4.77. The van der Waals surface area contributed by atoms with Crippen molar-refractivity contribution in [3.8, 4) is 11.5 Å². The van der Waals surface area contributed by atoms with E-state index in [1.807, 2.05) is 30.3 Å². The maximum atomic E-state index is 12.7. The number of rotatable bonds is 10. The molecule has 0 aliphatic carbocycles. The Morgan fingerprint density at radius 2 is 1.56 bits per heavy atom. The van der Waals surface area contributed by atoms with Crippen LogP contribution in [-0.4, -0.2) is 32.1 Å². The molecule has 2 amide bonds. The minimum Gasteiger partial charge on any atom is -0.497 e. The lowest BCUT2D eigenvalue weighted by molar-refractivity contribution is -0.121. The summed E-state index contributed by atoms with van der Waals surface area (Å²) in [6.45, 7) is 0.658. The highest BCUT2D eigenvalue weighted by molar-refractivity contribution is 6.33. The summed E-state index contributed by atoms with van der Waals surface area (Å²) >= 11 is 6.15. The molecule has 3 aromatic carbocycles. The maximum absolute atomic E-state index is 12.7. The molecular formula is C25H25ClN2O4. The van der Waals surface area contributed by atoms with Crippen LogP contribution in [-0.2, 0) is 4.79 Å². The van der Waals surface area contributed by atoms with Gasteiger partial charge in [-0.05, 0) is 42.0 Å². The largest absolute Gasteiger partial charge is 0.497 e. The molecular weight excluding hydrogens is 428 g/mol. The van der Waals surface area contributed by atoms with E-state index >= 15 is 0 Å². The second-order valence-corrected chi connectivity index (χ2v) is 7.40. The Bertz CT molecular complexity index is 1030. The number of halogens is 1. The average molecular weight is 453 g/mol. The summed E-state index contributed by atoms with van der Waals surface area (Å²) in [4.78, 5) is 25.3. The number of nitrogens with one attached hydrogen (secondary N) is 2. The van der Waals surface area contributed by atoms with Crippen molar-refractivity contribution in [1.29, 1.82) is 0 Å². The Hall–Kier alpha value is -3.51. The van der Waals surface area contributed by atoms with Crippen molar-refractivity contribution in [3.05, 3.63) is 95.0 Å². The molecule has 0 bridgehead atoms. The zero-order valence-corrected chi connectivity index (χ0v) is 18.5. The van der Waals surface area contributed by atoms with Crippen LogP contribution in [0.25, 0.3) is 0 Å². The van der Waals surface area contributed by atoms with Gasteiger partial charge in [0.2, 0.25) is 5.91 Å². The molecule has 3 rings (SSSR count). The normalized spacial score (nSPS) is 11.3. The van der Waals surface area contributed by atoms with Gasteiger partial charge in [0.25, 0.3) is 5.91 Å². The number of methoxy groups -OCH3 is 1. The maximum Gasteiger partial charge on any atom is 0.253 e. The molecule has 0 aliphatic heterocycles. The molecule has 1 atom stereocenters. The van der Waals surface area contributed by atoms with E-state index in [4.69, 9.17) is 21.1 Å². The molecule has 6 nitrogen and oxygen atoms in total.